The summed E-state index contributed by atoms with van der Waals surface area (Å²) in [6.45, 7) is 4.95. The molecule has 7 heteroatoms. The highest BCUT2D eigenvalue weighted by molar-refractivity contribution is 5.08. The smallest absolute Gasteiger partial charge is 0.0731 e. The van der Waals surface area contributed by atoms with Crippen molar-refractivity contribution in [3.8, 4) is 0 Å². The summed E-state index contributed by atoms with van der Waals surface area (Å²) in [5, 5.41) is 8.77. The maximum atomic E-state index is 5.98. The van der Waals surface area contributed by atoms with E-state index in [9.17, 15) is 0 Å². The molecule has 0 radical (unpaired) electrons. The van der Waals surface area contributed by atoms with Gasteiger partial charge in [0.2, 0.25) is 0 Å². The predicted molar refractivity (Wildman–Crippen MR) is 96.9 cm³/mol. The van der Waals surface area contributed by atoms with Crippen LogP contribution in [0, 0.1) is 5.92 Å². The van der Waals surface area contributed by atoms with Gasteiger partial charge in [-0.25, -0.2) is 0 Å². The minimum absolute atomic E-state index is 0.393. The molecule has 1 aliphatic heterocycles. The molecule has 0 saturated heterocycles. The Labute approximate surface area is 153 Å². The first-order valence-corrected chi connectivity index (χ1v) is 8.93. The molecule has 7 nitrogen and oxygen atoms in total. The van der Waals surface area contributed by atoms with Crippen molar-refractivity contribution < 1.29 is 4.74 Å². The van der Waals surface area contributed by atoms with Gasteiger partial charge in [-0.1, -0.05) is 6.07 Å². The van der Waals surface area contributed by atoms with Gasteiger partial charge in [0.05, 0.1) is 25.1 Å². The Morgan fingerprint density at radius 3 is 2.88 bits per heavy atom. The summed E-state index contributed by atoms with van der Waals surface area (Å²) < 4.78 is 9.95. The third-order valence-corrected chi connectivity index (χ3v) is 4.65. The first kappa shape index (κ1) is 16.9. The normalized spacial score (nSPS) is 17.8. The van der Waals surface area contributed by atoms with Gasteiger partial charge in [0, 0.05) is 69.5 Å². The quantitative estimate of drug-likeness (QED) is 0.678. The van der Waals surface area contributed by atoms with E-state index in [1.54, 1.807) is 6.20 Å². The van der Waals surface area contributed by atoms with E-state index in [0.29, 0.717) is 19.1 Å². The van der Waals surface area contributed by atoms with Crippen LogP contribution < -0.4 is 0 Å². The van der Waals surface area contributed by atoms with Crippen molar-refractivity contribution in [3.63, 3.8) is 0 Å². The molecule has 136 valence electrons. The van der Waals surface area contributed by atoms with Gasteiger partial charge < -0.3 is 4.74 Å². The average molecular weight is 352 g/mol. The molecule has 0 aliphatic carbocycles. The number of nitrogens with zero attached hydrogens (tertiary/aromatic N) is 6. The summed E-state index contributed by atoms with van der Waals surface area (Å²) in [7, 11) is 1.95. The minimum Gasteiger partial charge on any atom is -0.376 e. The molecule has 3 aromatic rings. The number of fused-ring (bicyclic) bond motifs is 1. The standard InChI is InChI=1S/C19H24N6O/c1-23-9-17(8-22-23)10-24-11-18(12-25-19(13-24)4-6-21-25)15-26-14-16-3-2-5-20-7-16/h2-9,18H,10-15H2,1H3. The van der Waals surface area contributed by atoms with Crippen LogP contribution in [-0.2, 0) is 38.0 Å². The third kappa shape index (κ3) is 4.17. The van der Waals surface area contributed by atoms with Crippen LogP contribution in [0.3, 0.4) is 0 Å². The van der Waals surface area contributed by atoms with Crippen LogP contribution in [0.1, 0.15) is 16.8 Å². The highest BCUT2D eigenvalue weighted by Gasteiger charge is 2.23. The lowest BCUT2D eigenvalue weighted by molar-refractivity contribution is 0.0655. The van der Waals surface area contributed by atoms with E-state index >= 15 is 0 Å². The zero-order valence-electron chi connectivity index (χ0n) is 15.0. The van der Waals surface area contributed by atoms with Crippen LogP contribution in [0.4, 0.5) is 0 Å². The Morgan fingerprint density at radius 1 is 1.12 bits per heavy atom. The van der Waals surface area contributed by atoms with Gasteiger partial charge in [-0.15, -0.1) is 0 Å². The lowest BCUT2D eigenvalue weighted by Crippen LogP contribution is -2.30. The summed E-state index contributed by atoms with van der Waals surface area (Å²) >= 11 is 0. The van der Waals surface area contributed by atoms with Crippen LogP contribution in [-0.4, -0.2) is 42.6 Å². The molecule has 1 atom stereocenters. The maximum Gasteiger partial charge on any atom is 0.0731 e. The Morgan fingerprint density at radius 2 is 2.08 bits per heavy atom. The lowest BCUT2D eigenvalue weighted by atomic mass is 10.1. The van der Waals surface area contributed by atoms with E-state index < -0.39 is 0 Å². The number of aromatic nitrogens is 5. The number of rotatable bonds is 6. The van der Waals surface area contributed by atoms with Gasteiger partial charge in [0.25, 0.3) is 0 Å². The van der Waals surface area contributed by atoms with E-state index in [0.717, 1.165) is 31.7 Å². The molecular formula is C19H24N6O. The van der Waals surface area contributed by atoms with E-state index in [1.807, 2.05) is 42.5 Å². The van der Waals surface area contributed by atoms with Gasteiger partial charge in [-0.3, -0.25) is 19.2 Å². The van der Waals surface area contributed by atoms with Crippen LogP contribution in [0.2, 0.25) is 0 Å². The highest BCUT2D eigenvalue weighted by Crippen LogP contribution is 2.18. The summed E-state index contributed by atoms with van der Waals surface area (Å²) in [6, 6.07) is 6.09. The summed E-state index contributed by atoms with van der Waals surface area (Å²) in [6.07, 6.45) is 9.54. The molecule has 3 aromatic heterocycles. The van der Waals surface area contributed by atoms with Crippen molar-refractivity contribution in [3.05, 3.63) is 66.0 Å². The van der Waals surface area contributed by atoms with Crippen LogP contribution in [0.25, 0.3) is 0 Å². The zero-order chi connectivity index (χ0) is 17.8. The summed E-state index contributed by atoms with van der Waals surface area (Å²) in [5.41, 5.74) is 3.59. The van der Waals surface area contributed by atoms with Gasteiger partial charge in [0.1, 0.15) is 0 Å². The molecule has 0 aromatic carbocycles. The van der Waals surface area contributed by atoms with Gasteiger partial charge in [0.15, 0.2) is 0 Å². The Bertz CT molecular complexity index is 827. The first-order chi connectivity index (χ1) is 12.8. The van der Waals surface area contributed by atoms with Crippen molar-refractivity contribution in [1.29, 1.82) is 0 Å². The van der Waals surface area contributed by atoms with Gasteiger partial charge in [-0.2, -0.15) is 10.2 Å². The second-order valence-electron chi connectivity index (χ2n) is 6.94. The molecule has 0 spiro atoms. The number of aryl methyl sites for hydroxylation is 1. The van der Waals surface area contributed by atoms with E-state index in [2.05, 4.69) is 37.0 Å². The lowest BCUT2D eigenvalue weighted by Gasteiger charge is -2.23. The third-order valence-electron chi connectivity index (χ3n) is 4.65. The van der Waals surface area contributed by atoms with Crippen LogP contribution >= 0.6 is 0 Å². The summed E-state index contributed by atoms with van der Waals surface area (Å²) in [4.78, 5) is 6.59. The fraction of sp³-hybridized carbons (Fsp3) is 0.421. The van der Waals surface area contributed by atoms with E-state index in [4.69, 9.17) is 4.74 Å². The molecule has 0 saturated carbocycles. The Hall–Kier alpha value is -2.51. The number of ether oxygens (including phenoxy) is 1. The second-order valence-corrected chi connectivity index (χ2v) is 6.94. The highest BCUT2D eigenvalue weighted by atomic mass is 16.5. The molecule has 0 N–H and O–H groups in total. The Kier molecular flexibility index (Phi) is 5.08. The van der Waals surface area contributed by atoms with E-state index in [-0.39, 0.29) is 0 Å². The topological polar surface area (TPSA) is 61.0 Å². The molecule has 4 heterocycles. The number of hydrogen-bond donors (Lipinski definition) is 0. The minimum atomic E-state index is 0.393. The first-order valence-electron chi connectivity index (χ1n) is 8.93. The van der Waals surface area contributed by atoms with Crippen molar-refractivity contribution in [2.45, 2.75) is 26.2 Å². The average Bonchev–Trinajstić information content (AvgIpc) is 3.21. The summed E-state index contributed by atoms with van der Waals surface area (Å²) in [5.74, 6) is 0.393. The van der Waals surface area contributed by atoms with Crippen molar-refractivity contribution >= 4 is 0 Å². The van der Waals surface area contributed by atoms with Crippen molar-refractivity contribution in [2.75, 3.05) is 13.2 Å². The molecule has 0 fully saturated rings. The molecule has 1 unspecified atom stereocenters. The van der Waals surface area contributed by atoms with Gasteiger partial charge in [-0.05, 0) is 17.7 Å². The van der Waals surface area contributed by atoms with Crippen molar-refractivity contribution in [1.82, 2.24) is 29.4 Å². The Balaban J connectivity index is 1.40. The predicted octanol–water partition coefficient (Wildman–Crippen LogP) is 1.86. The van der Waals surface area contributed by atoms with Gasteiger partial charge >= 0.3 is 0 Å². The monoisotopic (exact) mass is 352 g/mol. The van der Waals surface area contributed by atoms with Crippen LogP contribution in [0.15, 0.2) is 49.2 Å². The fourth-order valence-corrected chi connectivity index (χ4v) is 3.48. The van der Waals surface area contributed by atoms with Crippen LogP contribution in [0.5, 0.6) is 0 Å². The molecule has 0 amide bonds. The number of pyridine rings is 1. The molecule has 0 bridgehead atoms. The fourth-order valence-electron chi connectivity index (χ4n) is 3.48. The molecule has 4 rings (SSSR count). The number of hydrogen-bond acceptors (Lipinski definition) is 5. The largest absolute Gasteiger partial charge is 0.376 e. The second kappa shape index (κ2) is 7.80. The maximum absolute atomic E-state index is 5.98. The van der Waals surface area contributed by atoms with Crippen molar-refractivity contribution in [2.24, 2.45) is 13.0 Å². The molecule has 26 heavy (non-hydrogen) atoms. The SMILES string of the molecule is Cn1cc(CN2Cc3ccnn3CC(COCc3cccnc3)C2)cn1. The van der Waals surface area contributed by atoms with E-state index in [1.165, 1.54) is 11.3 Å². The zero-order valence-corrected chi connectivity index (χ0v) is 15.0. The molecular weight excluding hydrogens is 328 g/mol. The molecule has 1 aliphatic rings.